The topological polar surface area (TPSA) is 195 Å². The monoisotopic (exact) mass is 805 g/mol. The first-order valence-electron chi connectivity index (χ1n) is 15.7. The Bertz CT molecular complexity index is 2760. The minimum absolute atomic E-state index is 0.0844. The Balaban J connectivity index is 1.24. The summed E-state index contributed by atoms with van der Waals surface area (Å²) in [4.78, 5) is 29.0. The van der Waals surface area contributed by atoms with Crippen molar-refractivity contribution in [3.05, 3.63) is 130 Å². The van der Waals surface area contributed by atoms with Crippen LogP contribution >= 0.6 is 23.2 Å². The standard InChI is InChI=1S/C37H29Cl2N5O8S2/c1-44(2)37(40-25-7-3-21-5-9-27(17-23(21)15-25)42-53(49,50)29-11-13-33(38)31(19-29)35(45)46)41-26-8-4-22-6-10-28(18-24(22)16-26)43-54(51,52)30-12-14-34(39)32(20-30)36(47)48/h3-20,42-43H,1-2H3,(H,40,41)(H,45,46)(H,47,48). The summed E-state index contributed by atoms with van der Waals surface area (Å²) < 4.78 is 57.4. The molecule has 0 radical (unpaired) electrons. The number of hydrogen-bond acceptors (Lipinski definition) is 7. The van der Waals surface area contributed by atoms with Gasteiger partial charge in [0.25, 0.3) is 20.0 Å². The highest BCUT2D eigenvalue weighted by atomic mass is 35.5. The highest BCUT2D eigenvalue weighted by Gasteiger charge is 2.20. The van der Waals surface area contributed by atoms with Crippen LogP contribution in [0.1, 0.15) is 20.7 Å². The first-order valence-corrected chi connectivity index (χ1v) is 19.4. The molecule has 276 valence electrons. The SMILES string of the molecule is CN(C)C(=Nc1ccc2ccc(NS(=O)(=O)c3ccc(Cl)c(C(=O)O)c3)cc2c1)Nc1ccc2ccc(NS(=O)(=O)c3ccc(Cl)c(C(=O)O)c3)cc2c1. The Hall–Kier alpha value is -5.87. The van der Waals surface area contributed by atoms with Gasteiger partial charge in [-0.2, -0.15) is 0 Å². The second kappa shape index (κ2) is 14.9. The lowest BCUT2D eigenvalue weighted by Crippen LogP contribution is -2.29. The molecule has 5 N–H and O–H groups in total. The molecule has 54 heavy (non-hydrogen) atoms. The van der Waals surface area contributed by atoms with E-state index in [-0.39, 0.29) is 42.3 Å². The van der Waals surface area contributed by atoms with Gasteiger partial charge in [-0.15, -0.1) is 0 Å². The molecule has 6 aromatic carbocycles. The lowest BCUT2D eigenvalue weighted by molar-refractivity contribution is 0.0686. The molecule has 0 heterocycles. The summed E-state index contributed by atoms with van der Waals surface area (Å²) >= 11 is 11.8. The molecule has 6 aromatic rings. The van der Waals surface area contributed by atoms with E-state index in [0.29, 0.717) is 28.1 Å². The van der Waals surface area contributed by atoms with Crippen LogP contribution < -0.4 is 14.8 Å². The van der Waals surface area contributed by atoms with Gasteiger partial charge in [-0.05, 0) is 106 Å². The Labute approximate surface area is 319 Å². The number of benzene rings is 6. The Morgan fingerprint density at radius 1 is 0.574 bits per heavy atom. The third kappa shape index (κ3) is 8.34. The van der Waals surface area contributed by atoms with Crippen LogP contribution in [0, 0.1) is 0 Å². The fourth-order valence-electron chi connectivity index (χ4n) is 5.35. The van der Waals surface area contributed by atoms with E-state index in [4.69, 9.17) is 28.2 Å². The number of fused-ring (bicyclic) bond motifs is 2. The smallest absolute Gasteiger partial charge is 0.337 e. The largest absolute Gasteiger partial charge is 0.478 e. The summed E-state index contributed by atoms with van der Waals surface area (Å²) in [5, 5.41) is 24.8. The molecule has 0 spiro atoms. The van der Waals surface area contributed by atoms with Crippen LogP contribution in [-0.2, 0) is 20.0 Å². The second-order valence-electron chi connectivity index (χ2n) is 12.1. The summed E-state index contributed by atoms with van der Waals surface area (Å²) in [6.45, 7) is 0. The van der Waals surface area contributed by atoms with E-state index in [1.807, 2.05) is 24.3 Å². The van der Waals surface area contributed by atoms with Gasteiger partial charge in [-0.3, -0.25) is 9.44 Å². The number of anilines is 3. The van der Waals surface area contributed by atoms with E-state index in [1.54, 1.807) is 67.5 Å². The molecule has 0 aliphatic rings. The second-order valence-corrected chi connectivity index (χ2v) is 16.3. The van der Waals surface area contributed by atoms with Crippen LogP contribution in [0.4, 0.5) is 22.7 Å². The van der Waals surface area contributed by atoms with Crippen molar-refractivity contribution in [1.29, 1.82) is 0 Å². The predicted octanol–water partition coefficient (Wildman–Crippen LogP) is 7.96. The van der Waals surface area contributed by atoms with Gasteiger partial charge in [0, 0.05) is 31.2 Å². The van der Waals surface area contributed by atoms with Gasteiger partial charge in [0.05, 0.1) is 36.7 Å². The van der Waals surface area contributed by atoms with Gasteiger partial charge < -0.3 is 20.4 Å². The number of carboxylic acids is 2. The molecule has 13 nitrogen and oxygen atoms in total. The lowest BCUT2D eigenvalue weighted by Gasteiger charge is -2.18. The van der Waals surface area contributed by atoms with Crippen LogP contribution in [0.5, 0.6) is 0 Å². The third-order valence-corrected chi connectivity index (χ3v) is 11.5. The molecule has 0 aliphatic carbocycles. The average Bonchev–Trinajstić information content (AvgIpc) is 3.10. The number of nitrogens with one attached hydrogen (secondary N) is 3. The van der Waals surface area contributed by atoms with Crippen molar-refractivity contribution in [1.82, 2.24) is 4.90 Å². The molecule has 0 amide bonds. The number of carboxylic acid groups (broad SMARTS) is 2. The molecule has 0 saturated carbocycles. The van der Waals surface area contributed by atoms with Crippen molar-refractivity contribution >= 4 is 105 Å². The van der Waals surface area contributed by atoms with E-state index < -0.39 is 32.0 Å². The maximum Gasteiger partial charge on any atom is 0.337 e. The fourth-order valence-corrected chi connectivity index (χ4v) is 7.89. The van der Waals surface area contributed by atoms with Gasteiger partial charge in [-0.1, -0.05) is 47.5 Å². The van der Waals surface area contributed by atoms with E-state index in [1.165, 1.54) is 24.3 Å². The number of carbonyl (C=O) groups is 2. The maximum absolute atomic E-state index is 13.1. The van der Waals surface area contributed by atoms with Gasteiger partial charge in [0.15, 0.2) is 0 Å². The Kier molecular flexibility index (Phi) is 10.4. The molecular formula is C37H29Cl2N5O8S2. The van der Waals surface area contributed by atoms with Crippen LogP contribution in [0.3, 0.4) is 0 Å². The Morgan fingerprint density at radius 2 is 1.00 bits per heavy atom. The summed E-state index contributed by atoms with van der Waals surface area (Å²) in [6, 6.07) is 27.7. The van der Waals surface area contributed by atoms with Crippen molar-refractivity contribution in [3.63, 3.8) is 0 Å². The molecule has 0 saturated heterocycles. The molecule has 0 bridgehead atoms. The van der Waals surface area contributed by atoms with Gasteiger partial charge >= 0.3 is 11.9 Å². The van der Waals surface area contributed by atoms with Crippen LogP contribution in [0.15, 0.2) is 124 Å². The van der Waals surface area contributed by atoms with E-state index in [2.05, 4.69) is 14.8 Å². The first-order chi connectivity index (χ1) is 25.5. The predicted molar refractivity (Wildman–Crippen MR) is 211 cm³/mol. The molecule has 6 rings (SSSR count). The number of nitrogens with zero attached hydrogens (tertiary/aromatic N) is 2. The highest BCUT2D eigenvalue weighted by molar-refractivity contribution is 7.93. The summed E-state index contributed by atoms with van der Waals surface area (Å²) in [7, 11) is -4.70. The zero-order valence-corrected chi connectivity index (χ0v) is 31.3. The first kappa shape index (κ1) is 37.9. The van der Waals surface area contributed by atoms with Crippen molar-refractivity contribution in [2.24, 2.45) is 4.99 Å². The number of hydrogen-bond donors (Lipinski definition) is 5. The maximum atomic E-state index is 13.1. The van der Waals surface area contributed by atoms with E-state index in [9.17, 15) is 36.6 Å². The van der Waals surface area contributed by atoms with Crippen molar-refractivity contribution in [2.45, 2.75) is 9.79 Å². The number of guanidine groups is 1. The van der Waals surface area contributed by atoms with Gasteiger partial charge in [0.1, 0.15) is 0 Å². The number of sulfonamides is 2. The van der Waals surface area contributed by atoms with Crippen molar-refractivity contribution in [3.8, 4) is 0 Å². The normalized spacial score (nSPS) is 12.0. The number of aliphatic imine (C=N–C) groups is 1. The quantitative estimate of drug-likeness (QED) is 0.0670. The fraction of sp³-hybridized carbons (Fsp3) is 0.0541. The molecule has 17 heteroatoms. The zero-order valence-electron chi connectivity index (χ0n) is 28.2. The van der Waals surface area contributed by atoms with E-state index in [0.717, 1.165) is 22.9 Å². The van der Waals surface area contributed by atoms with Gasteiger partial charge in [0.2, 0.25) is 5.96 Å². The number of aromatic carboxylic acids is 2. The molecule has 0 aromatic heterocycles. The minimum atomic E-state index is -4.15. The van der Waals surface area contributed by atoms with Crippen LogP contribution in [0.2, 0.25) is 10.0 Å². The molecule has 0 atom stereocenters. The Morgan fingerprint density at radius 3 is 1.46 bits per heavy atom. The highest BCUT2D eigenvalue weighted by Crippen LogP contribution is 2.29. The van der Waals surface area contributed by atoms with Gasteiger partial charge in [-0.25, -0.2) is 31.4 Å². The van der Waals surface area contributed by atoms with E-state index >= 15 is 0 Å². The molecule has 0 fully saturated rings. The van der Waals surface area contributed by atoms with Crippen LogP contribution in [-0.4, -0.2) is 63.9 Å². The average molecular weight is 807 g/mol. The zero-order chi connectivity index (χ0) is 38.9. The summed E-state index contributed by atoms with van der Waals surface area (Å²) in [6.07, 6.45) is 0. The number of rotatable bonds is 10. The molecule has 0 aliphatic heterocycles. The summed E-state index contributed by atoms with van der Waals surface area (Å²) in [5.41, 5.74) is 1.02. The summed E-state index contributed by atoms with van der Waals surface area (Å²) in [5.74, 6) is -2.25. The molecule has 0 unspecified atom stereocenters. The lowest BCUT2D eigenvalue weighted by atomic mass is 10.1. The number of halogens is 2. The molecular weight excluding hydrogens is 777 g/mol. The van der Waals surface area contributed by atoms with Crippen LogP contribution in [0.25, 0.3) is 21.5 Å². The third-order valence-electron chi connectivity index (χ3n) is 8.04. The van der Waals surface area contributed by atoms with Crippen molar-refractivity contribution in [2.75, 3.05) is 28.9 Å². The minimum Gasteiger partial charge on any atom is -0.478 e. The van der Waals surface area contributed by atoms with Crippen molar-refractivity contribution < 1.29 is 36.6 Å².